The van der Waals surface area contributed by atoms with Crippen molar-refractivity contribution >= 4 is 46.7 Å². The lowest BCUT2D eigenvalue weighted by atomic mass is 9.89. The van der Waals surface area contributed by atoms with Gasteiger partial charge in [0.1, 0.15) is 11.6 Å². The van der Waals surface area contributed by atoms with Gasteiger partial charge in [-0.3, -0.25) is 9.59 Å². The molecule has 1 aliphatic carbocycles. The molecule has 1 fully saturated rings. The zero-order chi connectivity index (χ0) is 21.6. The van der Waals surface area contributed by atoms with Gasteiger partial charge in [0.2, 0.25) is 5.91 Å². The number of imide groups is 1. The Morgan fingerprint density at radius 3 is 2.63 bits per heavy atom. The van der Waals surface area contributed by atoms with Gasteiger partial charge in [-0.15, -0.1) is 0 Å². The van der Waals surface area contributed by atoms with Crippen LogP contribution in [0, 0.1) is 0 Å². The first-order valence-corrected chi connectivity index (χ1v) is 10.5. The van der Waals surface area contributed by atoms with E-state index in [0.717, 1.165) is 29.7 Å². The lowest BCUT2D eigenvalue weighted by molar-refractivity contribution is -0.136. The van der Waals surface area contributed by atoms with Crippen LogP contribution in [0.15, 0.2) is 36.4 Å². The van der Waals surface area contributed by atoms with E-state index in [-0.39, 0.29) is 0 Å². The van der Waals surface area contributed by atoms with E-state index < -0.39 is 29.4 Å². The first-order chi connectivity index (χ1) is 14.2. The fourth-order valence-corrected chi connectivity index (χ4v) is 4.38. The number of anilines is 1. The molecule has 1 saturated heterocycles. The zero-order valence-corrected chi connectivity index (χ0v) is 18.1. The molecule has 2 aromatic carbocycles. The van der Waals surface area contributed by atoms with Crippen molar-refractivity contribution in [1.82, 2.24) is 10.2 Å². The largest absolute Gasteiger partial charge is 0.326 e. The second-order valence-electron chi connectivity index (χ2n) is 7.86. The van der Waals surface area contributed by atoms with Crippen molar-refractivity contribution in [2.24, 2.45) is 0 Å². The highest BCUT2D eigenvalue weighted by molar-refractivity contribution is 6.35. The number of carbonyl (C=O) groups excluding carboxylic acids is 3. The molecule has 0 saturated carbocycles. The summed E-state index contributed by atoms with van der Waals surface area (Å²) < 4.78 is 0. The van der Waals surface area contributed by atoms with Crippen LogP contribution in [-0.2, 0) is 28.0 Å². The molecule has 2 aromatic rings. The van der Waals surface area contributed by atoms with Gasteiger partial charge in [0, 0.05) is 5.02 Å². The molecule has 4 rings (SSSR count). The molecular formula is C22H21Cl2N3O3. The molecule has 0 bridgehead atoms. The summed E-state index contributed by atoms with van der Waals surface area (Å²) in [6.45, 7) is 3.17. The van der Waals surface area contributed by atoms with Crippen molar-refractivity contribution < 1.29 is 14.4 Å². The molecule has 0 spiro atoms. The molecule has 0 radical (unpaired) electrons. The SMILES string of the molecule is C[C@H](C(=O)Nc1cc(Cl)ccc1Cl)N1C(=O)N[C@@](C)(c2ccc3c(c2)CCC3)C1=O. The lowest BCUT2D eigenvalue weighted by Gasteiger charge is -2.25. The van der Waals surface area contributed by atoms with E-state index in [1.165, 1.54) is 24.1 Å². The summed E-state index contributed by atoms with van der Waals surface area (Å²) in [5.41, 5.74) is 2.29. The number of halogens is 2. The third-order valence-corrected chi connectivity index (χ3v) is 6.42. The summed E-state index contributed by atoms with van der Waals surface area (Å²) in [6.07, 6.45) is 3.08. The van der Waals surface area contributed by atoms with Crippen molar-refractivity contribution in [3.8, 4) is 0 Å². The highest BCUT2D eigenvalue weighted by atomic mass is 35.5. The van der Waals surface area contributed by atoms with Gasteiger partial charge in [-0.1, -0.05) is 41.4 Å². The fraction of sp³-hybridized carbons (Fsp3) is 0.318. The summed E-state index contributed by atoms with van der Waals surface area (Å²) >= 11 is 12.1. The second kappa shape index (κ2) is 7.60. The predicted octanol–water partition coefficient (Wildman–Crippen LogP) is 4.28. The van der Waals surface area contributed by atoms with Crippen LogP contribution < -0.4 is 10.6 Å². The van der Waals surface area contributed by atoms with Crippen LogP contribution in [0.2, 0.25) is 10.0 Å². The minimum atomic E-state index is -1.23. The number of hydrogen-bond donors (Lipinski definition) is 2. The normalized spacial score (nSPS) is 21.4. The summed E-state index contributed by atoms with van der Waals surface area (Å²) in [5.74, 6) is -1.01. The van der Waals surface area contributed by atoms with E-state index in [1.54, 1.807) is 19.1 Å². The number of fused-ring (bicyclic) bond motifs is 1. The van der Waals surface area contributed by atoms with Gasteiger partial charge >= 0.3 is 6.03 Å². The number of carbonyl (C=O) groups is 3. The molecule has 2 N–H and O–H groups in total. The smallest absolute Gasteiger partial charge is 0.323 e. The number of aryl methyl sites for hydroxylation is 2. The first-order valence-electron chi connectivity index (χ1n) is 9.74. The Morgan fingerprint density at radius 1 is 1.13 bits per heavy atom. The van der Waals surface area contributed by atoms with Crippen LogP contribution in [0.1, 0.15) is 37.0 Å². The van der Waals surface area contributed by atoms with E-state index in [2.05, 4.69) is 10.6 Å². The Labute approximate surface area is 184 Å². The molecule has 1 aliphatic heterocycles. The molecule has 6 nitrogen and oxygen atoms in total. The molecule has 8 heteroatoms. The van der Waals surface area contributed by atoms with E-state index >= 15 is 0 Å². The predicted molar refractivity (Wildman–Crippen MR) is 116 cm³/mol. The quantitative estimate of drug-likeness (QED) is 0.689. The van der Waals surface area contributed by atoms with Crippen LogP contribution in [0.3, 0.4) is 0 Å². The van der Waals surface area contributed by atoms with Crippen LogP contribution in [0.5, 0.6) is 0 Å². The van der Waals surface area contributed by atoms with E-state index in [1.807, 2.05) is 18.2 Å². The second-order valence-corrected chi connectivity index (χ2v) is 8.70. The summed E-state index contributed by atoms with van der Waals surface area (Å²) in [5, 5.41) is 6.12. The maximum atomic E-state index is 13.3. The zero-order valence-electron chi connectivity index (χ0n) is 16.6. The minimum Gasteiger partial charge on any atom is -0.323 e. The molecular weight excluding hydrogens is 425 g/mol. The van der Waals surface area contributed by atoms with Crippen molar-refractivity contribution in [1.29, 1.82) is 0 Å². The Kier molecular flexibility index (Phi) is 5.24. The van der Waals surface area contributed by atoms with Crippen molar-refractivity contribution in [3.63, 3.8) is 0 Å². The highest BCUT2D eigenvalue weighted by Crippen LogP contribution is 2.34. The molecule has 0 unspecified atom stereocenters. The standard InChI is InChI=1S/C22H21Cl2N3O3/c1-12(19(28)25-18-11-16(23)8-9-17(18)24)27-20(29)22(2,26-21(27)30)15-7-6-13-4-3-5-14(13)10-15/h6-12H,3-5H2,1-2H3,(H,25,28)(H,26,30)/t12-,22+/m1/s1. The van der Waals surface area contributed by atoms with Crippen molar-refractivity contribution in [2.45, 2.75) is 44.7 Å². The van der Waals surface area contributed by atoms with Gasteiger partial charge in [0.05, 0.1) is 10.7 Å². The summed E-state index contributed by atoms with van der Waals surface area (Å²) in [6, 6.07) is 8.90. The van der Waals surface area contributed by atoms with Gasteiger partial charge < -0.3 is 10.6 Å². The fourth-order valence-electron chi connectivity index (χ4n) is 4.04. The Bertz CT molecular complexity index is 1070. The van der Waals surface area contributed by atoms with E-state index in [9.17, 15) is 14.4 Å². The van der Waals surface area contributed by atoms with Gasteiger partial charge in [-0.05, 0) is 68.0 Å². The number of rotatable bonds is 4. The third-order valence-electron chi connectivity index (χ3n) is 5.85. The van der Waals surface area contributed by atoms with Gasteiger partial charge in [0.25, 0.3) is 5.91 Å². The van der Waals surface area contributed by atoms with E-state index in [0.29, 0.717) is 15.7 Å². The number of hydrogen-bond acceptors (Lipinski definition) is 3. The number of nitrogens with zero attached hydrogens (tertiary/aromatic N) is 1. The topological polar surface area (TPSA) is 78.5 Å². The summed E-state index contributed by atoms with van der Waals surface area (Å²) in [7, 11) is 0. The maximum Gasteiger partial charge on any atom is 0.326 e. The monoisotopic (exact) mass is 445 g/mol. The number of urea groups is 1. The summed E-state index contributed by atoms with van der Waals surface area (Å²) in [4.78, 5) is 39.7. The van der Waals surface area contributed by atoms with Crippen LogP contribution >= 0.6 is 23.2 Å². The number of amides is 4. The minimum absolute atomic E-state index is 0.306. The molecule has 2 atom stereocenters. The van der Waals surface area contributed by atoms with Crippen LogP contribution in [0.25, 0.3) is 0 Å². The average Bonchev–Trinajstić information content (AvgIpc) is 3.26. The molecule has 30 heavy (non-hydrogen) atoms. The Morgan fingerprint density at radius 2 is 1.87 bits per heavy atom. The highest BCUT2D eigenvalue weighted by Gasteiger charge is 2.52. The van der Waals surface area contributed by atoms with Crippen LogP contribution in [-0.4, -0.2) is 28.8 Å². The maximum absolute atomic E-state index is 13.3. The van der Waals surface area contributed by atoms with Gasteiger partial charge in [0.15, 0.2) is 0 Å². The lowest BCUT2D eigenvalue weighted by Crippen LogP contribution is -2.47. The van der Waals surface area contributed by atoms with Crippen molar-refractivity contribution in [3.05, 3.63) is 63.1 Å². The molecule has 2 aliphatic rings. The first kappa shape index (κ1) is 20.7. The van der Waals surface area contributed by atoms with Crippen LogP contribution in [0.4, 0.5) is 10.5 Å². The van der Waals surface area contributed by atoms with Gasteiger partial charge in [-0.25, -0.2) is 9.69 Å². The Balaban J connectivity index is 1.57. The number of benzene rings is 2. The Hall–Kier alpha value is -2.57. The molecule has 156 valence electrons. The number of nitrogens with one attached hydrogen (secondary N) is 2. The molecule has 1 heterocycles. The molecule has 4 amide bonds. The third kappa shape index (κ3) is 3.44. The average molecular weight is 446 g/mol. The molecule has 0 aromatic heterocycles. The van der Waals surface area contributed by atoms with Crippen molar-refractivity contribution in [2.75, 3.05) is 5.32 Å². The van der Waals surface area contributed by atoms with E-state index in [4.69, 9.17) is 23.2 Å². The van der Waals surface area contributed by atoms with Gasteiger partial charge in [-0.2, -0.15) is 0 Å².